The third-order valence-electron chi connectivity index (χ3n) is 3.00. The maximum absolute atomic E-state index is 12.3. The third kappa shape index (κ3) is 3.15. The molecule has 7 heteroatoms. The standard InChI is InChI=1S/C13H14N4OS.ClH/c18-13(17-7-5-14-6-8-17)11-9-16-12(19-11)10-3-1-2-4-15-10;/h1-4,9,14H,5-8H2;1H. The molecule has 3 rings (SSSR count). The molecule has 1 aliphatic heterocycles. The van der Waals surface area contributed by atoms with E-state index in [2.05, 4.69) is 15.3 Å². The fourth-order valence-electron chi connectivity index (χ4n) is 2.00. The van der Waals surface area contributed by atoms with E-state index >= 15 is 0 Å². The molecule has 0 aliphatic carbocycles. The van der Waals surface area contributed by atoms with Crippen molar-refractivity contribution in [3.05, 3.63) is 35.5 Å². The lowest BCUT2D eigenvalue weighted by Gasteiger charge is -2.26. The van der Waals surface area contributed by atoms with Crippen LogP contribution in [-0.4, -0.2) is 47.0 Å². The van der Waals surface area contributed by atoms with Crippen LogP contribution < -0.4 is 5.32 Å². The van der Waals surface area contributed by atoms with Crippen LogP contribution >= 0.6 is 23.7 Å². The molecule has 1 saturated heterocycles. The summed E-state index contributed by atoms with van der Waals surface area (Å²) in [5.74, 6) is 0.0705. The molecule has 106 valence electrons. The Labute approximate surface area is 127 Å². The highest BCUT2D eigenvalue weighted by atomic mass is 35.5. The number of carbonyl (C=O) groups excluding carboxylic acids is 1. The Bertz CT molecular complexity index is 569. The second-order valence-electron chi connectivity index (χ2n) is 4.29. The van der Waals surface area contributed by atoms with Crippen molar-refractivity contribution in [3.8, 4) is 10.7 Å². The molecular weight excluding hydrogens is 296 g/mol. The molecule has 2 aromatic heterocycles. The van der Waals surface area contributed by atoms with Gasteiger partial charge in [0.2, 0.25) is 0 Å². The van der Waals surface area contributed by atoms with Gasteiger partial charge in [0, 0.05) is 32.4 Å². The Morgan fingerprint density at radius 2 is 2.05 bits per heavy atom. The van der Waals surface area contributed by atoms with Crippen molar-refractivity contribution in [3.63, 3.8) is 0 Å². The summed E-state index contributed by atoms with van der Waals surface area (Å²) >= 11 is 1.40. The van der Waals surface area contributed by atoms with E-state index < -0.39 is 0 Å². The summed E-state index contributed by atoms with van der Waals surface area (Å²) in [4.78, 5) is 23.4. The van der Waals surface area contributed by atoms with Gasteiger partial charge >= 0.3 is 0 Å². The smallest absolute Gasteiger partial charge is 0.265 e. The Morgan fingerprint density at radius 3 is 2.75 bits per heavy atom. The van der Waals surface area contributed by atoms with Gasteiger partial charge in [-0.2, -0.15) is 0 Å². The monoisotopic (exact) mass is 310 g/mol. The lowest BCUT2D eigenvalue weighted by molar-refractivity contribution is 0.0740. The first-order valence-corrected chi connectivity index (χ1v) is 7.03. The minimum Gasteiger partial charge on any atom is -0.335 e. The Kier molecular flexibility index (Phi) is 5.05. The molecule has 20 heavy (non-hydrogen) atoms. The van der Waals surface area contributed by atoms with Gasteiger partial charge in [0.05, 0.1) is 11.9 Å². The van der Waals surface area contributed by atoms with Crippen LogP contribution in [0, 0.1) is 0 Å². The minimum atomic E-state index is 0. The average molecular weight is 311 g/mol. The normalized spacial score (nSPS) is 14.7. The van der Waals surface area contributed by atoms with Crippen LogP contribution in [0.5, 0.6) is 0 Å². The molecule has 5 nitrogen and oxygen atoms in total. The molecule has 0 bridgehead atoms. The topological polar surface area (TPSA) is 58.1 Å². The molecule has 1 amide bonds. The molecule has 0 aromatic carbocycles. The second-order valence-corrected chi connectivity index (χ2v) is 5.32. The molecule has 0 unspecified atom stereocenters. The molecule has 2 aromatic rings. The van der Waals surface area contributed by atoms with Gasteiger partial charge in [-0.15, -0.1) is 23.7 Å². The number of nitrogens with zero attached hydrogens (tertiary/aromatic N) is 3. The lowest BCUT2D eigenvalue weighted by Crippen LogP contribution is -2.46. The van der Waals surface area contributed by atoms with Gasteiger partial charge in [-0.1, -0.05) is 6.07 Å². The van der Waals surface area contributed by atoms with E-state index in [4.69, 9.17) is 0 Å². The van der Waals surface area contributed by atoms with E-state index in [1.807, 2.05) is 23.1 Å². The summed E-state index contributed by atoms with van der Waals surface area (Å²) in [6.07, 6.45) is 3.38. The van der Waals surface area contributed by atoms with Gasteiger partial charge in [0.1, 0.15) is 9.88 Å². The fourth-order valence-corrected chi connectivity index (χ4v) is 2.87. The molecule has 1 fully saturated rings. The molecule has 0 spiro atoms. The molecule has 0 radical (unpaired) electrons. The van der Waals surface area contributed by atoms with Crippen LogP contribution in [0.15, 0.2) is 30.6 Å². The highest BCUT2D eigenvalue weighted by Gasteiger charge is 2.20. The van der Waals surface area contributed by atoms with E-state index in [0.29, 0.717) is 4.88 Å². The van der Waals surface area contributed by atoms with Crippen molar-refractivity contribution in [2.75, 3.05) is 26.2 Å². The zero-order chi connectivity index (χ0) is 13.1. The highest BCUT2D eigenvalue weighted by Crippen LogP contribution is 2.24. The number of carbonyl (C=O) groups is 1. The number of hydrogen-bond donors (Lipinski definition) is 1. The molecule has 3 heterocycles. The highest BCUT2D eigenvalue weighted by molar-refractivity contribution is 7.16. The summed E-state index contributed by atoms with van der Waals surface area (Å²) in [6, 6.07) is 5.68. The van der Waals surface area contributed by atoms with Crippen molar-refractivity contribution in [2.45, 2.75) is 0 Å². The number of hydrogen-bond acceptors (Lipinski definition) is 5. The summed E-state index contributed by atoms with van der Waals surface area (Å²) in [5.41, 5.74) is 0.812. The molecular formula is C13H15ClN4OS. The van der Waals surface area contributed by atoms with Crippen molar-refractivity contribution in [1.29, 1.82) is 0 Å². The van der Waals surface area contributed by atoms with Crippen LogP contribution in [0.1, 0.15) is 9.67 Å². The summed E-state index contributed by atoms with van der Waals surface area (Å²) in [5, 5.41) is 4.03. The van der Waals surface area contributed by atoms with Gasteiger partial charge in [-0.3, -0.25) is 9.78 Å². The minimum absolute atomic E-state index is 0. The molecule has 0 atom stereocenters. The van der Waals surface area contributed by atoms with Gasteiger partial charge in [0.15, 0.2) is 0 Å². The Morgan fingerprint density at radius 1 is 1.25 bits per heavy atom. The van der Waals surface area contributed by atoms with Crippen LogP contribution in [0.25, 0.3) is 10.7 Å². The zero-order valence-corrected chi connectivity index (χ0v) is 12.4. The van der Waals surface area contributed by atoms with Crippen LogP contribution in [0.4, 0.5) is 0 Å². The number of amides is 1. The maximum Gasteiger partial charge on any atom is 0.265 e. The summed E-state index contributed by atoms with van der Waals surface area (Å²) in [6.45, 7) is 3.24. The lowest BCUT2D eigenvalue weighted by atomic mass is 10.3. The molecule has 0 saturated carbocycles. The van der Waals surface area contributed by atoms with Crippen LogP contribution in [0.3, 0.4) is 0 Å². The van der Waals surface area contributed by atoms with Crippen molar-refractivity contribution in [1.82, 2.24) is 20.2 Å². The van der Waals surface area contributed by atoms with E-state index in [-0.39, 0.29) is 18.3 Å². The summed E-state index contributed by atoms with van der Waals surface area (Å²) in [7, 11) is 0. The molecule has 1 N–H and O–H groups in total. The number of nitrogens with one attached hydrogen (secondary N) is 1. The predicted molar refractivity (Wildman–Crippen MR) is 81.4 cm³/mol. The van der Waals surface area contributed by atoms with E-state index in [0.717, 1.165) is 36.9 Å². The summed E-state index contributed by atoms with van der Waals surface area (Å²) < 4.78 is 0. The number of pyridine rings is 1. The average Bonchev–Trinajstić information content (AvgIpc) is 2.98. The van der Waals surface area contributed by atoms with Gasteiger partial charge in [-0.05, 0) is 12.1 Å². The number of thiazole rings is 1. The zero-order valence-electron chi connectivity index (χ0n) is 10.8. The predicted octanol–water partition coefficient (Wildman–Crippen LogP) is 1.67. The van der Waals surface area contributed by atoms with Crippen molar-refractivity contribution in [2.24, 2.45) is 0 Å². The van der Waals surface area contributed by atoms with Gasteiger partial charge in [-0.25, -0.2) is 4.98 Å². The largest absolute Gasteiger partial charge is 0.335 e. The molecule has 1 aliphatic rings. The number of piperazine rings is 1. The van der Waals surface area contributed by atoms with Gasteiger partial charge in [0.25, 0.3) is 5.91 Å². The van der Waals surface area contributed by atoms with Gasteiger partial charge < -0.3 is 10.2 Å². The quantitative estimate of drug-likeness (QED) is 0.917. The number of aromatic nitrogens is 2. The second kappa shape index (κ2) is 6.78. The number of rotatable bonds is 2. The first-order valence-electron chi connectivity index (χ1n) is 6.22. The Balaban J connectivity index is 0.00000147. The fraction of sp³-hybridized carbons (Fsp3) is 0.308. The third-order valence-corrected chi connectivity index (χ3v) is 4.01. The first-order chi connectivity index (χ1) is 9.34. The van der Waals surface area contributed by atoms with Crippen LogP contribution in [0.2, 0.25) is 0 Å². The Hall–Kier alpha value is -1.50. The first kappa shape index (κ1) is 14.9. The number of halogens is 1. The van der Waals surface area contributed by atoms with E-state index in [9.17, 15) is 4.79 Å². The van der Waals surface area contributed by atoms with Crippen molar-refractivity contribution >= 4 is 29.7 Å². The van der Waals surface area contributed by atoms with E-state index in [1.54, 1.807) is 12.4 Å². The van der Waals surface area contributed by atoms with Crippen LogP contribution in [-0.2, 0) is 0 Å². The maximum atomic E-state index is 12.3. The van der Waals surface area contributed by atoms with E-state index in [1.165, 1.54) is 11.3 Å². The van der Waals surface area contributed by atoms with Crippen molar-refractivity contribution < 1.29 is 4.79 Å². The SMILES string of the molecule is Cl.O=C(c1cnc(-c2ccccn2)s1)N1CCNCC1.